The van der Waals surface area contributed by atoms with Crippen molar-refractivity contribution in [3.8, 4) is 11.6 Å². The molecule has 0 unspecified atom stereocenters. The smallest absolute Gasteiger partial charge is 0.433 e. The standard InChI is InChI=1S/C18H18F3N5O3S/c1-30(28,29)25-6-4-24(5-7-25)13-2-3-15-12(8-13)11-22-26(15)17-10-14(27)9-16(23-17)18(19,20)21/h2-3,8-11H,4-7H2,1H3,(H,23,27). The van der Waals surface area contributed by atoms with Crippen LogP contribution < -0.4 is 4.90 Å². The molecule has 0 spiro atoms. The zero-order chi connectivity index (χ0) is 21.7. The largest absolute Gasteiger partial charge is 0.508 e. The number of nitrogens with zero attached hydrogens (tertiary/aromatic N) is 5. The predicted molar refractivity (Wildman–Crippen MR) is 104 cm³/mol. The molecule has 1 aliphatic rings. The lowest BCUT2D eigenvalue weighted by molar-refractivity contribution is -0.141. The monoisotopic (exact) mass is 441 g/mol. The van der Waals surface area contributed by atoms with Crippen LogP contribution in [0.15, 0.2) is 36.5 Å². The third kappa shape index (κ3) is 3.92. The van der Waals surface area contributed by atoms with Crippen LogP contribution in [0.1, 0.15) is 5.69 Å². The van der Waals surface area contributed by atoms with Crippen LogP contribution in [0, 0.1) is 0 Å². The van der Waals surface area contributed by atoms with Gasteiger partial charge in [-0.1, -0.05) is 0 Å². The Labute approximate surface area is 170 Å². The molecule has 4 rings (SSSR count). The minimum atomic E-state index is -4.70. The van der Waals surface area contributed by atoms with Crippen molar-refractivity contribution in [1.82, 2.24) is 19.1 Å². The molecule has 0 radical (unpaired) electrons. The van der Waals surface area contributed by atoms with Crippen molar-refractivity contribution in [2.45, 2.75) is 6.18 Å². The summed E-state index contributed by atoms with van der Waals surface area (Å²) in [5.41, 5.74) is 0.177. The molecule has 30 heavy (non-hydrogen) atoms. The lowest BCUT2D eigenvalue weighted by Gasteiger charge is -2.34. The van der Waals surface area contributed by atoms with Crippen LogP contribution in [0.3, 0.4) is 0 Å². The van der Waals surface area contributed by atoms with E-state index in [9.17, 15) is 26.7 Å². The van der Waals surface area contributed by atoms with Crippen molar-refractivity contribution >= 4 is 26.6 Å². The number of rotatable bonds is 3. The fourth-order valence-electron chi connectivity index (χ4n) is 3.43. The van der Waals surface area contributed by atoms with E-state index in [1.165, 1.54) is 21.4 Å². The number of halogens is 3. The number of fused-ring (bicyclic) bond motifs is 1. The maximum absolute atomic E-state index is 13.0. The van der Waals surface area contributed by atoms with E-state index >= 15 is 0 Å². The van der Waals surface area contributed by atoms with Gasteiger partial charge >= 0.3 is 6.18 Å². The van der Waals surface area contributed by atoms with Crippen LogP contribution in [0.25, 0.3) is 16.7 Å². The van der Waals surface area contributed by atoms with Crippen LogP contribution >= 0.6 is 0 Å². The van der Waals surface area contributed by atoms with Gasteiger partial charge in [0.1, 0.15) is 5.75 Å². The molecule has 1 aromatic carbocycles. The summed E-state index contributed by atoms with van der Waals surface area (Å²) in [6.45, 7) is 1.80. The Kier molecular flexibility index (Phi) is 4.85. The minimum Gasteiger partial charge on any atom is -0.508 e. The molecule has 1 aliphatic heterocycles. The summed E-state index contributed by atoms with van der Waals surface area (Å²) in [4.78, 5) is 5.62. The van der Waals surface area contributed by atoms with E-state index in [1.54, 1.807) is 12.1 Å². The summed E-state index contributed by atoms with van der Waals surface area (Å²) in [5, 5.41) is 14.5. The molecule has 12 heteroatoms. The molecule has 0 aliphatic carbocycles. The molecule has 1 N–H and O–H groups in total. The molecule has 3 aromatic rings. The Balaban J connectivity index is 1.63. The van der Waals surface area contributed by atoms with Gasteiger partial charge in [-0.3, -0.25) is 0 Å². The van der Waals surface area contributed by atoms with E-state index in [-0.39, 0.29) is 5.82 Å². The summed E-state index contributed by atoms with van der Waals surface area (Å²) in [7, 11) is -3.23. The first kappa shape index (κ1) is 20.4. The molecule has 0 saturated carbocycles. The highest BCUT2D eigenvalue weighted by molar-refractivity contribution is 7.88. The molecule has 1 saturated heterocycles. The van der Waals surface area contributed by atoms with E-state index in [2.05, 4.69) is 10.1 Å². The van der Waals surface area contributed by atoms with E-state index < -0.39 is 27.6 Å². The topological polar surface area (TPSA) is 91.6 Å². The second kappa shape index (κ2) is 7.13. The van der Waals surface area contributed by atoms with Gasteiger partial charge < -0.3 is 10.0 Å². The molecule has 3 heterocycles. The first-order chi connectivity index (χ1) is 14.0. The summed E-state index contributed by atoms with van der Waals surface area (Å²) < 4.78 is 65.0. The second-order valence-corrected chi connectivity index (χ2v) is 9.00. The number of anilines is 1. The molecule has 1 fully saturated rings. The Hall–Kier alpha value is -2.86. The maximum atomic E-state index is 13.0. The summed E-state index contributed by atoms with van der Waals surface area (Å²) in [6, 6.07) is 7.01. The fourth-order valence-corrected chi connectivity index (χ4v) is 4.26. The highest BCUT2D eigenvalue weighted by atomic mass is 32.2. The van der Waals surface area contributed by atoms with Crippen molar-refractivity contribution in [3.05, 3.63) is 42.2 Å². The van der Waals surface area contributed by atoms with Crippen LogP contribution in [0.5, 0.6) is 5.75 Å². The van der Waals surface area contributed by atoms with Crippen molar-refractivity contribution in [2.75, 3.05) is 37.3 Å². The zero-order valence-corrected chi connectivity index (χ0v) is 16.7. The van der Waals surface area contributed by atoms with Gasteiger partial charge in [0.05, 0.1) is 18.0 Å². The summed E-state index contributed by atoms with van der Waals surface area (Å²) in [6.07, 6.45) is -2.01. The number of hydrogen-bond acceptors (Lipinski definition) is 6. The predicted octanol–water partition coefficient (Wildman–Crippen LogP) is 2.23. The SMILES string of the molecule is CS(=O)(=O)N1CCN(c2ccc3c(cnn3-c3cc(O)cc(C(F)(F)F)n3)c2)CC1. The fraction of sp³-hybridized carbons (Fsp3) is 0.333. The average Bonchev–Trinajstić information content (AvgIpc) is 3.09. The van der Waals surface area contributed by atoms with Gasteiger partial charge in [-0.15, -0.1) is 0 Å². The molecule has 8 nitrogen and oxygen atoms in total. The van der Waals surface area contributed by atoms with Gasteiger partial charge in [0.25, 0.3) is 0 Å². The number of sulfonamides is 1. The third-order valence-electron chi connectivity index (χ3n) is 4.93. The highest BCUT2D eigenvalue weighted by Crippen LogP contribution is 2.32. The average molecular weight is 441 g/mol. The van der Waals surface area contributed by atoms with Crippen molar-refractivity contribution in [2.24, 2.45) is 0 Å². The number of aromatic nitrogens is 3. The van der Waals surface area contributed by atoms with Gasteiger partial charge in [0, 0.05) is 49.4 Å². The van der Waals surface area contributed by atoms with Crippen LogP contribution in [-0.2, 0) is 16.2 Å². The normalized spacial score (nSPS) is 16.3. The Bertz CT molecular complexity index is 1200. The van der Waals surface area contributed by atoms with Gasteiger partial charge in [0.15, 0.2) is 11.5 Å². The quantitative estimate of drug-likeness (QED) is 0.670. The number of pyridine rings is 1. The molecular weight excluding hydrogens is 423 g/mol. The maximum Gasteiger partial charge on any atom is 0.433 e. The van der Waals surface area contributed by atoms with Gasteiger partial charge in [0.2, 0.25) is 10.0 Å². The van der Waals surface area contributed by atoms with E-state index in [4.69, 9.17) is 0 Å². The van der Waals surface area contributed by atoms with E-state index in [0.29, 0.717) is 43.1 Å². The second-order valence-electron chi connectivity index (χ2n) is 7.02. The number of alkyl halides is 3. The Morgan fingerprint density at radius 1 is 1.07 bits per heavy atom. The van der Waals surface area contributed by atoms with Gasteiger partial charge in [-0.25, -0.2) is 18.1 Å². The minimum absolute atomic E-state index is 0.146. The molecule has 2 aromatic heterocycles. The van der Waals surface area contributed by atoms with Crippen molar-refractivity contribution < 1.29 is 26.7 Å². The molecule has 0 bridgehead atoms. The highest BCUT2D eigenvalue weighted by Gasteiger charge is 2.33. The first-order valence-corrected chi connectivity index (χ1v) is 10.8. The Morgan fingerprint density at radius 3 is 2.40 bits per heavy atom. The lowest BCUT2D eigenvalue weighted by Crippen LogP contribution is -2.48. The Morgan fingerprint density at radius 2 is 1.77 bits per heavy atom. The first-order valence-electron chi connectivity index (χ1n) is 8.99. The third-order valence-corrected chi connectivity index (χ3v) is 6.23. The van der Waals surface area contributed by atoms with E-state index in [0.717, 1.165) is 11.8 Å². The zero-order valence-electron chi connectivity index (χ0n) is 15.8. The number of hydrogen-bond donors (Lipinski definition) is 1. The van der Waals surface area contributed by atoms with E-state index in [1.807, 2.05) is 11.0 Å². The lowest BCUT2D eigenvalue weighted by atomic mass is 10.2. The summed E-state index contributed by atoms with van der Waals surface area (Å²) in [5.74, 6) is -0.705. The van der Waals surface area contributed by atoms with Crippen molar-refractivity contribution in [3.63, 3.8) is 0 Å². The number of benzene rings is 1. The van der Waals surface area contributed by atoms with Crippen molar-refractivity contribution in [1.29, 1.82) is 0 Å². The number of piperazine rings is 1. The van der Waals surface area contributed by atoms with Crippen LogP contribution in [0.4, 0.5) is 18.9 Å². The van der Waals surface area contributed by atoms with Gasteiger partial charge in [-0.05, 0) is 18.2 Å². The summed E-state index contributed by atoms with van der Waals surface area (Å²) >= 11 is 0. The molecule has 0 atom stereocenters. The van der Waals surface area contributed by atoms with Gasteiger partial charge in [-0.2, -0.15) is 22.6 Å². The molecule has 160 valence electrons. The molecular formula is C18H18F3N5O3S. The van der Waals surface area contributed by atoms with Crippen LogP contribution in [0.2, 0.25) is 0 Å². The number of aromatic hydroxyl groups is 1. The van der Waals surface area contributed by atoms with Crippen LogP contribution in [-0.4, -0.2) is 65.0 Å². The molecule has 0 amide bonds.